The number of amides is 6. The first kappa shape index (κ1) is 71.1. The summed E-state index contributed by atoms with van der Waals surface area (Å²) in [5.74, 6) is -9.85. The van der Waals surface area contributed by atoms with Gasteiger partial charge in [0.2, 0.25) is 36.1 Å². The Labute approximate surface area is 508 Å². The first-order valence-electron chi connectivity index (χ1n) is 30.5. The zero-order valence-corrected chi connectivity index (χ0v) is 50.3. The number of ketones is 2. The molecule has 2 aromatic rings. The Kier molecular flexibility index (Phi) is 28.9. The maximum absolute atomic E-state index is 14.7. The molecule has 3 aliphatic rings. The van der Waals surface area contributed by atoms with Crippen molar-refractivity contribution in [2.45, 2.75) is 204 Å². The van der Waals surface area contributed by atoms with E-state index in [1.54, 1.807) is 30.3 Å². The summed E-state index contributed by atoms with van der Waals surface area (Å²) in [6.07, 6.45) is -10.1. The molecule has 0 unspecified atom stereocenters. The lowest BCUT2D eigenvalue weighted by Crippen LogP contribution is -2.61. The summed E-state index contributed by atoms with van der Waals surface area (Å²) in [6.45, 7) is 12.8. The van der Waals surface area contributed by atoms with Crippen molar-refractivity contribution in [3.05, 3.63) is 77.1 Å². The lowest BCUT2D eigenvalue weighted by atomic mass is 9.86. The average molecular weight is 1220 g/mol. The van der Waals surface area contributed by atoms with E-state index in [-0.39, 0.29) is 37.3 Å². The average Bonchev–Trinajstić information content (AvgIpc) is 1.98. The molecular weight excluding hydrogens is 1130 g/mol. The van der Waals surface area contributed by atoms with Crippen LogP contribution in [0, 0.1) is 30.2 Å². The highest BCUT2D eigenvalue weighted by Crippen LogP contribution is 2.31. The normalized spacial score (nSPS) is 26.6. The summed E-state index contributed by atoms with van der Waals surface area (Å²) >= 11 is 0. The number of fused-ring (bicyclic) bond motifs is 2. The van der Waals surface area contributed by atoms with Gasteiger partial charge in [-0.05, 0) is 67.7 Å². The van der Waals surface area contributed by atoms with Crippen molar-refractivity contribution < 1.29 is 88.7 Å². The summed E-state index contributed by atoms with van der Waals surface area (Å²) < 4.78 is 11.2. The predicted molar refractivity (Wildman–Crippen MR) is 314 cm³/mol. The number of Topliss-reactive ketones (excluding diaryl/α,β-unsaturated/α-hetero) is 2. The monoisotopic (exact) mass is 1220 g/mol. The van der Waals surface area contributed by atoms with Gasteiger partial charge in [0.1, 0.15) is 42.4 Å². The third-order valence-corrected chi connectivity index (χ3v) is 16.6. The molecule has 482 valence electrons. The number of phenols is 1. The molecule has 25 nitrogen and oxygen atoms in total. The third-order valence-electron chi connectivity index (χ3n) is 16.6. The molecule has 0 aromatic heterocycles. The van der Waals surface area contributed by atoms with Gasteiger partial charge in [-0.25, -0.2) is 11.4 Å². The molecule has 3 heterocycles. The number of carbonyl (C=O) groups excluding carboxylic acids is 8. The molecule has 5 rings (SSSR count). The minimum Gasteiger partial charge on any atom is -0.508 e. The first-order chi connectivity index (χ1) is 41.4. The van der Waals surface area contributed by atoms with Gasteiger partial charge < -0.3 is 86.2 Å². The highest BCUT2D eigenvalue weighted by Gasteiger charge is 2.49. The molecule has 0 aliphatic carbocycles. The molecule has 16 atom stereocenters. The van der Waals surface area contributed by atoms with Gasteiger partial charge in [0.15, 0.2) is 18.1 Å². The van der Waals surface area contributed by atoms with E-state index in [2.05, 4.69) is 46.9 Å². The molecule has 87 heavy (non-hydrogen) atoms. The Hall–Kier alpha value is -6.63. The van der Waals surface area contributed by atoms with E-state index < -0.39 is 184 Å². The standard InChI is InChI=1S/C62H91N7O18/c1-6-36(2)28-37(3)16-12-9-7-8-10-15-19-43(72)29-41-30-49(76)59(86-27-25-64-62(85)87-35-39-17-13-11-14-18-39)67-58(82)53-47(74)24-26-68(53)61(84)52(50(77)33-63-5)66-57(81)45(55(79)54(78)40-20-22-42(71)23-21-40)32-48(75)46-31-44(73)34-69(46)60(83)51(38(4)70)65-56(41)80/h11,13-14,17-18,20-23,36-38,41,44-47,49-55,59,70-71,73-74,76-79H,6-10,12,15-16,19,24-35H2,1-4H3,(H,64,85)(H,65,80)(H,66,81)(H,67,82)/t36-,37+,38+,41-,44+,45-,46-,47-,49+,50+,51-,52-,53-,54-,55-,59+/m0/s1. The molecule has 0 bridgehead atoms. The first-order valence-corrected chi connectivity index (χ1v) is 30.5. The van der Waals surface area contributed by atoms with Gasteiger partial charge in [-0.3, -0.25) is 33.6 Å². The largest absolute Gasteiger partial charge is 0.508 e. The Balaban J connectivity index is 1.51. The summed E-state index contributed by atoms with van der Waals surface area (Å²) in [4.78, 5) is 119. The Morgan fingerprint density at radius 2 is 1.44 bits per heavy atom. The van der Waals surface area contributed by atoms with E-state index in [1.807, 2.05) is 0 Å². The number of hydrogen-bond donors (Lipinski definition) is 12. The molecule has 3 saturated heterocycles. The second-order valence-corrected chi connectivity index (χ2v) is 23.7. The molecule has 25 heteroatoms. The number of nitrogens with one attached hydrogen (secondary N) is 4. The van der Waals surface area contributed by atoms with Gasteiger partial charge in [-0.2, -0.15) is 0 Å². The van der Waals surface area contributed by atoms with Crippen LogP contribution in [0.5, 0.6) is 5.75 Å². The molecular formula is C62H91N7O18. The minimum absolute atomic E-state index is 0.0246. The molecule has 2 aromatic carbocycles. The smallest absolute Gasteiger partial charge is 0.407 e. The highest BCUT2D eigenvalue weighted by molar-refractivity contribution is 5.98. The van der Waals surface area contributed by atoms with E-state index in [4.69, 9.17) is 16.0 Å². The number of carbonyl (C=O) groups is 8. The van der Waals surface area contributed by atoms with E-state index >= 15 is 0 Å². The van der Waals surface area contributed by atoms with Gasteiger partial charge in [-0.1, -0.05) is 108 Å². The number of nitrogens with zero attached hydrogens (tertiary/aromatic N) is 3. The predicted octanol–water partition coefficient (Wildman–Crippen LogP) is 1.83. The fourth-order valence-electron chi connectivity index (χ4n) is 11.5. The van der Waals surface area contributed by atoms with E-state index in [0.29, 0.717) is 30.2 Å². The number of hydrogen-bond acceptors (Lipinski definition) is 18. The molecule has 3 fully saturated rings. The Morgan fingerprint density at radius 1 is 0.782 bits per heavy atom. The quantitative estimate of drug-likeness (QED) is 0.0472. The van der Waals surface area contributed by atoms with Crippen LogP contribution in [0.4, 0.5) is 4.79 Å². The second-order valence-electron chi connectivity index (χ2n) is 23.7. The molecule has 0 radical (unpaired) electrons. The van der Waals surface area contributed by atoms with Gasteiger partial charge in [0.25, 0.3) is 0 Å². The maximum Gasteiger partial charge on any atom is 0.407 e. The number of unbranched alkanes of at least 4 members (excludes halogenated alkanes) is 5. The zero-order chi connectivity index (χ0) is 63.9. The van der Waals surface area contributed by atoms with Crippen molar-refractivity contribution in [2.24, 2.45) is 23.7 Å². The van der Waals surface area contributed by atoms with Crippen molar-refractivity contribution in [2.75, 3.05) is 32.8 Å². The lowest BCUT2D eigenvalue weighted by Gasteiger charge is -2.34. The molecule has 3 aliphatic heterocycles. The van der Waals surface area contributed by atoms with Crippen LogP contribution >= 0.6 is 0 Å². The van der Waals surface area contributed by atoms with Crippen LogP contribution in [0.15, 0.2) is 54.6 Å². The van der Waals surface area contributed by atoms with Crippen LogP contribution in [0.1, 0.15) is 141 Å². The summed E-state index contributed by atoms with van der Waals surface area (Å²) in [6, 6.07) is 6.01. The fraction of sp³-hybridized carbons (Fsp3) is 0.661. The fourth-order valence-corrected chi connectivity index (χ4v) is 11.5. The molecule has 0 spiro atoms. The van der Waals surface area contributed by atoms with Crippen molar-refractivity contribution in [1.29, 1.82) is 0 Å². The highest BCUT2D eigenvalue weighted by atomic mass is 16.6. The van der Waals surface area contributed by atoms with E-state index in [0.717, 1.165) is 55.2 Å². The van der Waals surface area contributed by atoms with Crippen LogP contribution in [-0.4, -0.2) is 198 Å². The minimum atomic E-state index is -2.23. The van der Waals surface area contributed by atoms with Crippen LogP contribution in [0.2, 0.25) is 0 Å². The van der Waals surface area contributed by atoms with Crippen LogP contribution in [0.25, 0.3) is 4.85 Å². The van der Waals surface area contributed by atoms with Gasteiger partial charge in [0.05, 0.1) is 49.1 Å². The summed E-state index contributed by atoms with van der Waals surface area (Å²) in [7, 11) is 0. The third kappa shape index (κ3) is 21.6. The van der Waals surface area contributed by atoms with E-state index in [9.17, 15) is 79.2 Å². The molecule has 0 saturated carbocycles. The van der Waals surface area contributed by atoms with Gasteiger partial charge >= 0.3 is 6.09 Å². The summed E-state index contributed by atoms with van der Waals surface area (Å²) in [5.41, 5.74) is 0.629. The van der Waals surface area contributed by atoms with Crippen molar-refractivity contribution in [3.63, 3.8) is 0 Å². The molecule has 6 amide bonds. The van der Waals surface area contributed by atoms with E-state index in [1.165, 1.54) is 30.7 Å². The number of phenolic OH excluding ortho intramolecular Hbond substituents is 1. The van der Waals surface area contributed by atoms with Crippen molar-refractivity contribution in [1.82, 2.24) is 31.1 Å². The van der Waals surface area contributed by atoms with Gasteiger partial charge in [0, 0.05) is 51.2 Å². The van der Waals surface area contributed by atoms with Crippen molar-refractivity contribution in [3.8, 4) is 5.75 Å². The maximum atomic E-state index is 14.7. The number of benzene rings is 2. The number of ether oxygens (including phenoxy) is 2. The SMILES string of the molecule is [C-]#[N+]C[C@@H](O)[C@@H]1NC(=O)[C@H]([C@H](O)[C@@H](O)c2ccc(O)cc2)CC(=O)[C@@H]2C[C@@H](O)CN2C(=O)[C@H]([C@@H](C)O)NC(=O)[C@@H](CC(=O)CCCCCCCC[C@@H](C)C[C@@H](C)CC)C[C@@H](O)[C@@H](OCCNC(=O)OCc2ccccc2)NC(=O)[C@@H]2[C@@H](O)CCN2C1=O. The zero-order valence-electron chi connectivity index (χ0n) is 50.3. The lowest BCUT2D eigenvalue weighted by molar-refractivity contribution is -0.150. The number of aliphatic hydroxyl groups excluding tert-OH is 7. The number of aromatic hydroxyl groups is 1. The molecule has 12 N–H and O–H groups in total. The second kappa shape index (κ2) is 35.4. The number of rotatable bonds is 26. The number of aliphatic hydroxyl groups is 7. The van der Waals surface area contributed by atoms with Crippen LogP contribution < -0.4 is 21.3 Å². The Bertz CT molecular complexity index is 2610. The van der Waals surface area contributed by atoms with Gasteiger partial charge in [-0.15, -0.1) is 0 Å². The summed E-state index contributed by atoms with van der Waals surface area (Å²) in [5, 5.41) is 100. The Morgan fingerprint density at radius 3 is 2.10 bits per heavy atom. The van der Waals surface area contributed by atoms with Crippen LogP contribution in [-0.2, 0) is 49.6 Å². The topological polar surface area (TPSA) is 376 Å². The van der Waals surface area contributed by atoms with Crippen LogP contribution in [0.3, 0.4) is 0 Å². The van der Waals surface area contributed by atoms with Crippen molar-refractivity contribution >= 4 is 47.2 Å². The number of alkyl carbamates (subject to hydrolysis) is 1.